The summed E-state index contributed by atoms with van der Waals surface area (Å²) >= 11 is 0. The quantitative estimate of drug-likeness (QED) is 0.516. The number of nitrogens with one attached hydrogen (secondary N) is 1. The van der Waals surface area contributed by atoms with Gasteiger partial charge in [-0.15, -0.1) is 0 Å². The molecule has 5 rings (SSSR count). The molecule has 0 unspecified atom stereocenters. The summed E-state index contributed by atoms with van der Waals surface area (Å²) in [5, 5.41) is 0. The topological polar surface area (TPSA) is 88.9 Å². The zero-order chi connectivity index (χ0) is 18.5. The molecular weight excluding hydrogens is 344 g/mol. The molecule has 1 atom stereocenters. The van der Waals surface area contributed by atoms with Crippen LogP contribution in [0, 0.1) is 0 Å². The number of fused-ring (bicyclic) bond motifs is 2. The highest BCUT2D eigenvalue weighted by Gasteiger charge is 2.20. The molecule has 4 aromatic rings. The van der Waals surface area contributed by atoms with E-state index in [1.165, 1.54) is 4.57 Å². The highest BCUT2D eigenvalue weighted by atomic mass is 16.5. The first-order valence-electron chi connectivity index (χ1n) is 8.85. The molecule has 0 aliphatic carbocycles. The Hall–Kier alpha value is -3.42. The van der Waals surface area contributed by atoms with E-state index in [-0.39, 0.29) is 11.8 Å². The molecule has 136 valence electrons. The van der Waals surface area contributed by atoms with Crippen LogP contribution in [0.4, 0.5) is 5.69 Å². The van der Waals surface area contributed by atoms with Crippen molar-refractivity contribution in [2.75, 3.05) is 18.5 Å². The van der Waals surface area contributed by atoms with E-state index in [0.717, 1.165) is 29.7 Å². The number of rotatable bonds is 0. The minimum absolute atomic E-state index is 0.0282. The van der Waals surface area contributed by atoms with Crippen molar-refractivity contribution in [1.29, 1.82) is 0 Å². The van der Waals surface area contributed by atoms with Crippen LogP contribution in [0.5, 0.6) is 5.75 Å². The standard InChI is InChI=1S/C19H18N6O2/c1-11-7-10-24(2)13-5-8-20-12-3-4-15(22-16(12)13)25-17-14(27-11)6-9-21-18(17)23-19(25)26/h3-6,8-9,11H,7,10H2,1-2H3,(H,21,23,26)/t11-/m1/s1. The molecule has 1 aliphatic rings. The fourth-order valence-corrected chi connectivity index (χ4v) is 3.52. The number of nitrogens with zero attached hydrogens (tertiary/aromatic N) is 5. The van der Waals surface area contributed by atoms with Crippen LogP contribution in [0.15, 0.2) is 41.5 Å². The molecule has 2 bridgehead atoms. The van der Waals surface area contributed by atoms with Crippen molar-refractivity contribution in [3.05, 3.63) is 47.1 Å². The van der Waals surface area contributed by atoms with Gasteiger partial charge in [0.05, 0.1) is 17.3 Å². The largest absolute Gasteiger partial charge is 0.488 e. The minimum Gasteiger partial charge on any atom is -0.488 e. The van der Waals surface area contributed by atoms with E-state index in [4.69, 9.17) is 9.72 Å². The van der Waals surface area contributed by atoms with E-state index >= 15 is 0 Å². The van der Waals surface area contributed by atoms with Gasteiger partial charge in [-0.1, -0.05) is 0 Å². The van der Waals surface area contributed by atoms with Gasteiger partial charge < -0.3 is 9.64 Å². The SMILES string of the molecule is C[C@@H]1CCN(C)c2ccnc3ccc(nc23)-n2c(=O)[nH]c3nccc(c32)O1. The third kappa shape index (κ3) is 2.44. The number of hydrogen-bond acceptors (Lipinski definition) is 6. The van der Waals surface area contributed by atoms with Crippen LogP contribution < -0.4 is 15.3 Å². The fourth-order valence-electron chi connectivity index (χ4n) is 3.52. The Bertz CT molecular complexity index is 1230. The maximum atomic E-state index is 12.7. The van der Waals surface area contributed by atoms with Crippen molar-refractivity contribution in [3.8, 4) is 11.6 Å². The van der Waals surface area contributed by atoms with Gasteiger partial charge in [-0.3, -0.25) is 9.97 Å². The number of aromatic amines is 1. The van der Waals surface area contributed by atoms with Crippen LogP contribution in [0.1, 0.15) is 13.3 Å². The molecule has 0 aromatic carbocycles. The Morgan fingerprint density at radius 2 is 2.04 bits per heavy atom. The van der Waals surface area contributed by atoms with Crippen molar-refractivity contribution < 1.29 is 4.74 Å². The minimum atomic E-state index is -0.302. The third-order valence-electron chi connectivity index (χ3n) is 4.93. The summed E-state index contributed by atoms with van der Waals surface area (Å²) in [7, 11) is 2.03. The van der Waals surface area contributed by atoms with Crippen molar-refractivity contribution in [3.63, 3.8) is 0 Å². The van der Waals surface area contributed by atoms with Gasteiger partial charge in [-0.05, 0) is 25.1 Å². The second kappa shape index (κ2) is 5.80. The van der Waals surface area contributed by atoms with Gasteiger partial charge in [-0.2, -0.15) is 0 Å². The maximum absolute atomic E-state index is 12.7. The average molecular weight is 362 g/mol. The van der Waals surface area contributed by atoms with Crippen LogP contribution in [-0.2, 0) is 0 Å². The Kier molecular flexibility index (Phi) is 3.40. The van der Waals surface area contributed by atoms with E-state index < -0.39 is 0 Å². The number of hydrogen-bond donors (Lipinski definition) is 1. The first kappa shape index (κ1) is 15.8. The van der Waals surface area contributed by atoms with Crippen molar-refractivity contribution >= 4 is 27.9 Å². The zero-order valence-electron chi connectivity index (χ0n) is 15.0. The molecule has 1 aliphatic heterocycles. The number of aromatic nitrogens is 5. The van der Waals surface area contributed by atoms with Gasteiger partial charge in [0, 0.05) is 38.5 Å². The predicted octanol–water partition coefficient (Wildman–Crippen LogP) is 2.26. The molecule has 0 saturated heterocycles. The molecule has 0 saturated carbocycles. The first-order chi connectivity index (χ1) is 13.1. The van der Waals surface area contributed by atoms with Crippen LogP contribution in [0.2, 0.25) is 0 Å². The summed E-state index contributed by atoms with van der Waals surface area (Å²) in [6, 6.07) is 7.40. The Balaban J connectivity index is 1.89. The molecule has 5 heterocycles. The normalized spacial score (nSPS) is 17.0. The third-order valence-corrected chi connectivity index (χ3v) is 4.93. The molecule has 1 N–H and O–H groups in total. The summed E-state index contributed by atoms with van der Waals surface area (Å²) in [6.45, 7) is 2.83. The lowest BCUT2D eigenvalue weighted by Crippen LogP contribution is -2.25. The van der Waals surface area contributed by atoms with Gasteiger partial charge in [0.1, 0.15) is 22.6 Å². The predicted molar refractivity (Wildman–Crippen MR) is 103 cm³/mol. The number of ether oxygens (including phenoxy) is 1. The van der Waals surface area contributed by atoms with Crippen LogP contribution in [0.25, 0.3) is 28.0 Å². The molecule has 0 amide bonds. The van der Waals surface area contributed by atoms with Gasteiger partial charge in [0.2, 0.25) is 0 Å². The molecule has 8 nitrogen and oxygen atoms in total. The summed E-state index contributed by atoms with van der Waals surface area (Å²) in [5.41, 5.74) is 3.30. The van der Waals surface area contributed by atoms with E-state index in [9.17, 15) is 4.79 Å². The highest BCUT2D eigenvalue weighted by molar-refractivity contribution is 5.89. The lowest BCUT2D eigenvalue weighted by Gasteiger charge is -2.24. The second-order valence-corrected chi connectivity index (χ2v) is 6.78. The highest BCUT2D eigenvalue weighted by Crippen LogP contribution is 2.29. The molecule has 8 heteroatoms. The second-order valence-electron chi connectivity index (χ2n) is 6.78. The molecule has 0 radical (unpaired) electrons. The molecule has 4 aromatic heterocycles. The van der Waals surface area contributed by atoms with Crippen LogP contribution >= 0.6 is 0 Å². The van der Waals surface area contributed by atoms with Gasteiger partial charge >= 0.3 is 5.69 Å². The summed E-state index contributed by atoms with van der Waals surface area (Å²) < 4.78 is 7.68. The lowest BCUT2D eigenvalue weighted by molar-refractivity contribution is 0.215. The monoisotopic (exact) mass is 362 g/mol. The van der Waals surface area contributed by atoms with Crippen LogP contribution in [-0.4, -0.2) is 44.2 Å². The van der Waals surface area contributed by atoms with E-state index in [1.807, 2.05) is 26.1 Å². The molecular formula is C19H18N6O2. The van der Waals surface area contributed by atoms with Gasteiger partial charge in [0.25, 0.3) is 0 Å². The number of H-pyrrole nitrogens is 1. The number of anilines is 1. The molecule has 0 fully saturated rings. The van der Waals surface area contributed by atoms with Gasteiger partial charge in [0.15, 0.2) is 5.65 Å². The van der Waals surface area contributed by atoms with Crippen molar-refractivity contribution in [2.24, 2.45) is 0 Å². The smallest absolute Gasteiger partial charge is 0.333 e. The Morgan fingerprint density at radius 1 is 1.19 bits per heavy atom. The fraction of sp³-hybridized carbons (Fsp3) is 0.263. The number of imidazole rings is 1. The van der Waals surface area contributed by atoms with Crippen molar-refractivity contribution in [2.45, 2.75) is 19.4 Å². The van der Waals surface area contributed by atoms with Crippen LogP contribution in [0.3, 0.4) is 0 Å². The summed E-state index contributed by atoms with van der Waals surface area (Å²) in [6.07, 6.45) is 4.21. The Labute approximate surface area is 154 Å². The molecule has 27 heavy (non-hydrogen) atoms. The van der Waals surface area contributed by atoms with Gasteiger partial charge in [-0.25, -0.2) is 19.3 Å². The average Bonchev–Trinajstić information content (AvgIpc) is 3.01. The summed E-state index contributed by atoms with van der Waals surface area (Å²) in [5.74, 6) is 1.12. The van der Waals surface area contributed by atoms with Crippen molar-refractivity contribution in [1.82, 2.24) is 24.5 Å². The first-order valence-corrected chi connectivity index (χ1v) is 8.85. The maximum Gasteiger partial charge on any atom is 0.333 e. The number of pyridine rings is 3. The van der Waals surface area contributed by atoms with E-state index in [2.05, 4.69) is 19.9 Å². The molecule has 0 spiro atoms. The summed E-state index contributed by atoms with van der Waals surface area (Å²) in [4.78, 5) is 31.1. The van der Waals surface area contributed by atoms with E-state index in [1.54, 1.807) is 24.5 Å². The van der Waals surface area contributed by atoms with E-state index in [0.29, 0.717) is 22.7 Å². The zero-order valence-corrected chi connectivity index (χ0v) is 15.0. The lowest BCUT2D eigenvalue weighted by atomic mass is 10.2. The Morgan fingerprint density at radius 3 is 2.93 bits per heavy atom.